The van der Waals surface area contributed by atoms with Crippen molar-refractivity contribution >= 4 is 11.6 Å². The van der Waals surface area contributed by atoms with Crippen LogP contribution in [0.1, 0.15) is 42.7 Å². The molecule has 1 amide bonds. The van der Waals surface area contributed by atoms with E-state index in [1.807, 2.05) is 42.4 Å². The number of aryl methyl sites for hydroxylation is 1. The summed E-state index contributed by atoms with van der Waals surface area (Å²) in [5.74, 6) is -3.02. The Morgan fingerprint density at radius 3 is 2.59 bits per heavy atom. The summed E-state index contributed by atoms with van der Waals surface area (Å²) in [7, 11) is 1.81. The number of halogens is 3. The van der Waals surface area contributed by atoms with Crippen LogP contribution in [0.5, 0.6) is 0 Å². The van der Waals surface area contributed by atoms with Crippen LogP contribution in [0.2, 0.25) is 0 Å². The molecule has 3 fully saturated rings. The maximum atomic E-state index is 14.9. The molecule has 5 rings (SSSR count). The molecule has 0 spiro atoms. The summed E-state index contributed by atoms with van der Waals surface area (Å²) in [6.45, 7) is 1.38. The molecule has 1 aliphatic carbocycles. The summed E-state index contributed by atoms with van der Waals surface area (Å²) in [4.78, 5) is 15.1. The Balaban J connectivity index is 1.18. The van der Waals surface area contributed by atoms with Gasteiger partial charge in [-0.25, -0.2) is 18.6 Å². The van der Waals surface area contributed by atoms with Crippen LogP contribution in [0, 0.1) is 5.92 Å². The topological polar surface area (TPSA) is 74.2 Å². The van der Waals surface area contributed by atoms with Gasteiger partial charge in [-0.3, -0.25) is 19.8 Å². The molecule has 5 unspecified atom stereocenters. The van der Waals surface area contributed by atoms with E-state index in [2.05, 4.69) is 21.3 Å². The molecule has 7 nitrogen and oxygen atoms in total. The fraction of sp³-hybridized carbons (Fsp3) is 0.583. The molecular formula is C24H31F3N6O. The number of nitrogens with one attached hydrogen (secondary N) is 3. The van der Waals surface area contributed by atoms with Crippen LogP contribution in [0.4, 0.5) is 18.9 Å². The molecule has 0 bridgehead atoms. The first-order valence-corrected chi connectivity index (χ1v) is 11.9. The summed E-state index contributed by atoms with van der Waals surface area (Å²) >= 11 is 0. The first-order chi connectivity index (χ1) is 16.3. The lowest BCUT2D eigenvalue weighted by molar-refractivity contribution is -0.119. The van der Waals surface area contributed by atoms with E-state index in [0.717, 1.165) is 11.1 Å². The van der Waals surface area contributed by atoms with Gasteiger partial charge in [0, 0.05) is 69.3 Å². The Labute approximate surface area is 197 Å². The molecule has 0 radical (unpaired) electrons. The second-order valence-electron chi connectivity index (χ2n) is 9.90. The number of anilines is 1. The SMILES string of the molecule is Cn1cc(C2CC3C(CC2F)NNC3C(=O)Nc2ccc(CN3CCC(F)(F)CC3)cc2)cn1. The quantitative estimate of drug-likeness (QED) is 0.619. The van der Waals surface area contributed by atoms with E-state index in [0.29, 0.717) is 38.2 Å². The molecule has 3 heterocycles. The highest BCUT2D eigenvalue weighted by atomic mass is 19.3. The Hall–Kier alpha value is -2.43. The number of hydrazine groups is 1. The molecule has 1 aromatic heterocycles. The van der Waals surface area contributed by atoms with Crippen LogP contribution in [0.3, 0.4) is 0 Å². The Bertz CT molecular complexity index is 1000. The van der Waals surface area contributed by atoms with Gasteiger partial charge in [-0.2, -0.15) is 5.10 Å². The highest BCUT2D eigenvalue weighted by molar-refractivity contribution is 5.95. The Morgan fingerprint density at radius 1 is 1.18 bits per heavy atom. The van der Waals surface area contributed by atoms with Crippen molar-refractivity contribution in [2.75, 3.05) is 18.4 Å². The molecule has 2 saturated heterocycles. The number of likely N-dealkylation sites (tertiary alicyclic amines) is 1. The van der Waals surface area contributed by atoms with Gasteiger partial charge in [0.15, 0.2) is 0 Å². The van der Waals surface area contributed by atoms with E-state index in [9.17, 15) is 18.0 Å². The normalized spacial score (nSPS) is 31.2. The average Bonchev–Trinajstić information content (AvgIpc) is 3.41. The van der Waals surface area contributed by atoms with Gasteiger partial charge < -0.3 is 5.32 Å². The predicted octanol–water partition coefficient (Wildman–Crippen LogP) is 2.97. The smallest absolute Gasteiger partial charge is 0.250 e. The van der Waals surface area contributed by atoms with Crippen molar-refractivity contribution < 1.29 is 18.0 Å². The number of rotatable bonds is 5. The summed E-state index contributed by atoms with van der Waals surface area (Å²) < 4.78 is 43.2. The summed E-state index contributed by atoms with van der Waals surface area (Å²) in [5.41, 5.74) is 8.74. The number of hydrogen-bond acceptors (Lipinski definition) is 5. The number of amides is 1. The van der Waals surface area contributed by atoms with Gasteiger partial charge in [0.1, 0.15) is 12.2 Å². The van der Waals surface area contributed by atoms with Gasteiger partial charge in [0.2, 0.25) is 5.91 Å². The monoisotopic (exact) mass is 476 g/mol. The van der Waals surface area contributed by atoms with Crippen molar-refractivity contribution in [3.8, 4) is 0 Å². The fourth-order valence-electron chi connectivity index (χ4n) is 5.47. The van der Waals surface area contributed by atoms with Crippen LogP contribution in [0.15, 0.2) is 36.7 Å². The van der Waals surface area contributed by atoms with Crippen molar-refractivity contribution in [2.45, 2.75) is 62.3 Å². The zero-order valence-corrected chi connectivity index (χ0v) is 19.2. The molecule has 5 atom stereocenters. The number of carbonyl (C=O) groups excluding carboxylic acids is 1. The van der Waals surface area contributed by atoms with E-state index in [-0.39, 0.29) is 36.6 Å². The highest BCUT2D eigenvalue weighted by Crippen LogP contribution is 2.41. The number of nitrogens with zero attached hydrogens (tertiary/aromatic N) is 3. The van der Waals surface area contributed by atoms with Crippen LogP contribution in [-0.4, -0.2) is 57.9 Å². The minimum Gasteiger partial charge on any atom is -0.325 e. The summed E-state index contributed by atoms with van der Waals surface area (Å²) in [6.07, 6.45) is 3.27. The molecule has 3 N–H and O–H groups in total. The van der Waals surface area contributed by atoms with Gasteiger partial charge in [-0.15, -0.1) is 0 Å². The maximum Gasteiger partial charge on any atom is 0.250 e. The number of aromatic nitrogens is 2. The van der Waals surface area contributed by atoms with E-state index in [4.69, 9.17) is 0 Å². The molecule has 34 heavy (non-hydrogen) atoms. The van der Waals surface area contributed by atoms with Gasteiger partial charge >= 0.3 is 0 Å². The minimum atomic E-state index is -2.55. The van der Waals surface area contributed by atoms with Crippen molar-refractivity contribution in [1.82, 2.24) is 25.5 Å². The lowest BCUT2D eigenvalue weighted by Gasteiger charge is -2.35. The Kier molecular flexibility index (Phi) is 6.39. The molecule has 2 aromatic rings. The number of hydrogen-bond donors (Lipinski definition) is 3. The Morgan fingerprint density at radius 2 is 1.91 bits per heavy atom. The van der Waals surface area contributed by atoms with E-state index in [1.54, 1.807) is 10.9 Å². The zero-order chi connectivity index (χ0) is 23.9. The number of fused-ring (bicyclic) bond motifs is 1. The molecule has 2 aliphatic heterocycles. The van der Waals surface area contributed by atoms with Crippen molar-refractivity contribution in [1.29, 1.82) is 0 Å². The zero-order valence-electron chi connectivity index (χ0n) is 19.2. The maximum absolute atomic E-state index is 14.9. The first-order valence-electron chi connectivity index (χ1n) is 11.9. The van der Waals surface area contributed by atoms with Crippen LogP contribution >= 0.6 is 0 Å². The second kappa shape index (κ2) is 9.31. The molecule has 1 aromatic carbocycles. The van der Waals surface area contributed by atoms with Gasteiger partial charge in [-0.05, 0) is 36.1 Å². The van der Waals surface area contributed by atoms with Crippen molar-refractivity contribution in [3.63, 3.8) is 0 Å². The van der Waals surface area contributed by atoms with Crippen LogP contribution in [0.25, 0.3) is 0 Å². The third kappa shape index (κ3) is 4.99. The minimum absolute atomic E-state index is 0.0336. The first kappa shape index (κ1) is 23.3. The van der Waals surface area contributed by atoms with Crippen molar-refractivity contribution in [2.24, 2.45) is 13.0 Å². The fourth-order valence-corrected chi connectivity index (χ4v) is 5.47. The average molecular weight is 477 g/mol. The second-order valence-corrected chi connectivity index (χ2v) is 9.90. The molecule has 184 valence electrons. The standard InChI is InChI=1S/C24H31F3N6O/c1-32-14-16(12-28-32)18-10-19-21(11-20(18)25)30-31-22(19)23(34)29-17-4-2-15(3-5-17)13-33-8-6-24(26,27)7-9-33/h2-5,12,14,18-22,30-31H,6-11,13H2,1H3,(H,29,34). The van der Waals surface area contributed by atoms with Crippen LogP contribution in [-0.2, 0) is 18.4 Å². The molecule has 3 aliphatic rings. The van der Waals surface area contributed by atoms with Gasteiger partial charge in [0.05, 0.1) is 6.20 Å². The summed E-state index contributed by atoms with van der Waals surface area (Å²) in [5, 5.41) is 7.14. The van der Waals surface area contributed by atoms with Crippen molar-refractivity contribution in [3.05, 3.63) is 47.8 Å². The number of carbonyl (C=O) groups is 1. The van der Waals surface area contributed by atoms with Crippen LogP contribution < -0.4 is 16.2 Å². The number of benzene rings is 1. The van der Waals surface area contributed by atoms with Gasteiger partial charge in [-0.1, -0.05) is 12.1 Å². The summed E-state index contributed by atoms with van der Waals surface area (Å²) in [6, 6.07) is 6.94. The third-order valence-corrected chi connectivity index (χ3v) is 7.46. The third-order valence-electron chi connectivity index (χ3n) is 7.46. The number of piperidine rings is 1. The largest absolute Gasteiger partial charge is 0.325 e. The highest BCUT2D eigenvalue weighted by Gasteiger charge is 2.47. The van der Waals surface area contributed by atoms with E-state index < -0.39 is 18.1 Å². The molecule has 1 saturated carbocycles. The van der Waals surface area contributed by atoms with Gasteiger partial charge in [0.25, 0.3) is 5.92 Å². The number of alkyl halides is 3. The van der Waals surface area contributed by atoms with E-state index in [1.165, 1.54) is 0 Å². The lowest BCUT2D eigenvalue weighted by atomic mass is 9.73. The lowest BCUT2D eigenvalue weighted by Crippen LogP contribution is -2.43. The predicted molar refractivity (Wildman–Crippen MR) is 122 cm³/mol. The molecular weight excluding hydrogens is 445 g/mol. The van der Waals surface area contributed by atoms with E-state index >= 15 is 0 Å². The molecule has 10 heteroatoms.